The molecule has 3 rings (SSSR count). The van der Waals surface area contributed by atoms with Crippen LogP contribution < -0.4 is 14.2 Å². The van der Waals surface area contributed by atoms with Gasteiger partial charge in [0.25, 0.3) is 0 Å². The number of rotatable bonds is 4. The SMILES string of the molecule is COc1cc(C(O)c2occc2C(=O)O)cc2c1OCO2. The molecule has 2 N–H and O–H groups in total. The summed E-state index contributed by atoms with van der Waals surface area (Å²) in [6.07, 6.45) is -0.0406. The molecule has 110 valence electrons. The van der Waals surface area contributed by atoms with E-state index in [-0.39, 0.29) is 18.1 Å². The fraction of sp³-hybridized carbons (Fsp3) is 0.214. The van der Waals surface area contributed by atoms with Gasteiger partial charge in [0.2, 0.25) is 12.5 Å². The lowest BCUT2D eigenvalue weighted by Crippen LogP contribution is -2.06. The summed E-state index contributed by atoms with van der Waals surface area (Å²) in [6, 6.07) is 4.39. The first-order valence-electron chi connectivity index (χ1n) is 6.08. The predicted molar refractivity (Wildman–Crippen MR) is 68.8 cm³/mol. The highest BCUT2D eigenvalue weighted by atomic mass is 16.7. The third-order valence-corrected chi connectivity index (χ3v) is 3.17. The van der Waals surface area contributed by atoms with E-state index in [0.29, 0.717) is 22.8 Å². The molecule has 0 bridgehead atoms. The molecular weight excluding hydrogens is 280 g/mol. The Morgan fingerprint density at radius 2 is 2.19 bits per heavy atom. The van der Waals surface area contributed by atoms with Crippen molar-refractivity contribution in [3.05, 3.63) is 41.3 Å². The number of carbonyl (C=O) groups is 1. The Kier molecular flexibility index (Phi) is 3.19. The Morgan fingerprint density at radius 1 is 1.38 bits per heavy atom. The first-order chi connectivity index (χ1) is 10.1. The Balaban J connectivity index is 2.04. The maximum absolute atomic E-state index is 11.1. The van der Waals surface area contributed by atoms with Gasteiger partial charge in [0.15, 0.2) is 17.3 Å². The van der Waals surface area contributed by atoms with Gasteiger partial charge in [0.1, 0.15) is 11.7 Å². The van der Waals surface area contributed by atoms with Crippen LogP contribution in [-0.4, -0.2) is 30.1 Å². The average Bonchev–Trinajstić information content (AvgIpc) is 3.13. The van der Waals surface area contributed by atoms with Crippen LogP contribution in [0, 0.1) is 0 Å². The fourth-order valence-electron chi connectivity index (χ4n) is 2.17. The van der Waals surface area contributed by atoms with Crippen LogP contribution in [0.5, 0.6) is 17.2 Å². The van der Waals surface area contributed by atoms with Gasteiger partial charge < -0.3 is 28.8 Å². The van der Waals surface area contributed by atoms with Crippen molar-refractivity contribution in [2.24, 2.45) is 0 Å². The summed E-state index contributed by atoms with van der Waals surface area (Å²) in [6.45, 7) is 0.0619. The third kappa shape index (κ3) is 2.17. The molecule has 0 aliphatic carbocycles. The third-order valence-electron chi connectivity index (χ3n) is 3.17. The molecule has 0 saturated heterocycles. The Hall–Kier alpha value is -2.67. The number of aromatic carboxylic acids is 1. The van der Waals surface area contributed by atoms with Gasteiger partial charge in [-0.15, -0.1) is 0 Å². The molecule has 0 fully saturated rings. The second kappa shape index (κ2) is 5.02. The molecule has 0 spiro atoms. The van der Waals surface area contributed by atoms with E-state index < -0.39 is 12.1 Å². The summed E-state index contributed by atoms with van der Waals surface area (Å²) in [5.41, 5.74) is 0.285. The summed E-state index contributed by atoms with van der Waals surface area (Å²) in [7, 11) is 1.46. The molecule has 1 aliphatic rings. The summed E-state index contributed by atoms with van der Waals surface area (Å²) in [5, 5.41) is 19.4. The smallest absolute Gasteiger partial charge is 0.339 e. The van der Waals surface area contributed by atoms with Crippen LogP contribution in [0.25, 0.3) is 0 Å². The van der Waals surface area contributed by atoms with E-state index in [1.807, 2.05) is 0 Å². The van der Waals surface area contributed by atoms with Gasteiger partial charge in [-0.25, -0.2) is 4.79 Å². The van der Waals surface area contributed by atoms with Crippen LogP contribution in [0.4, 0.5) is 0 Å². The molecule has 0 radical (unpaired) electrons. The molecule has 7 heteroatoms. The first-order valence-corrected chi connectivity index (χ1v) is 6.08. The van der Waals surface area contributed by atoms with Crippen molar-refractivity contribution < 1.29 is 33.6 Å². The molecule has 1 aromatic carbocycles. The zero-order valence-corrected chi connectivity index (χ0v) is 11.0. The van der Waals surface area contributed by atoms with Gasteiger partial charge in [-0.2, -0.15) is 0 Å². The fourth-order valence-corrected chi connectivity index (χ4v) is 2.17. The van der Waals surface area contributed by atoms with Gasteiger partial charge in [-0.1, -0.05) is 0 Å². The number of carboxylic acid groups (broad SMARTS) is 1. The van der Waals surface area contributed by atoms with Gasteiger partial charge in [-0.3, -0.25) is 0 Å². The van der Waals surface area contributed by atoms with Gasteiger partial charge >= 0.3 is 5.97 Å². The van der Waals surface area contributed by atoms with E-state index in [1.54, 1.807) is 12.1 Å². The van der Waals surface area contributed by atoms with Crippen molar-refractivity contribution in [1.29, 1.82) is 0 Å². The molecule has 1 atom stereocenters. The molecule has 21 heavy (non-hydrogen) atoms. The number of carboxylic acids is 1. The van der Waals surface area contributed by atoms with E-state index in [2.05, 4.69) is 0 Å². The van der Waals surface area contributed by atoms with Gasteiger partial charge in [0, 0.05) is 0 Å². The van der Waals surface area contributed by atoms with Gasteiger partial charge in [0.05, 0.1) is 13.4 Å². The molecule has 0 saturated carbocycles. The number of hydrogen-bond acceptors (Lipinski definition) is 6. The van der Waals surface area contributed by atoms with Crippen LogP contribution in [0.2, 0.25) is 0 Å². The van der Waals surface area contributed by atoms with E-state index in [4.69, 9.17) is 23.7 Å². The number of ether oxygens (including phenoxy) is 3. The van der Waals surface area contributed by atoms with E-state index in [0.717, 1.165) is 0 Å². The minimum atomic E-state index is -1.26. The minimum Gasteiger partial charge on any atom is -0.493 e. The lowest BCUT2D eigenvalue weighted by Gasteiger charge is -2.12. The summed E-state index contributed by atoms with van der Waals surface area (Å²) < 4.78 is 20.8. The molecule has 1 aromatic heterocycles. The first kappa shape index (κ1) is 13.3. The summed E-state index contributed by atoms with van der Waals surface area (Å²) >= 11 is 0. The topological polar surface area (TPSA) is 98.4 Å². The van der Waals surface area contributed by atoms with Crippen molar-refractivity contribution in [1.82, 2.24) is 0 Å². The molecule has 2 aromatic rings. The largest absolute Gasteiger partial charge is 0.493 e. The van der Waals surface area contributed by atoms with Crippen molar-refractivity contribution in [3.63, 3.8) is 0 Å². The number of methoxy groups -OCH3 is 1. The van der Waals surface area contributed by atoms with E-state index in [9.17, 15) is 9.90 Å². The second-order valence-electron chi connectivity index (χ2n) is 4.36. The van der Waals surface area contributed by atoms with Crippen molar-refractivity contribution in [2.45, 2.75) is 6.10 Å². The number of aliphatic hydroxyl groups is 1. The number of furan rings is 1. The number of benzene rings is 1. The quantitative estimate of drug-likeness (QED) is 0.886. The van der Waals surface area contributed by atoms with Crippen molar-refractivity contribution >= 4 is 5.97 Å². The molecule has 2 heterocycles. The average molecular weight is 292 g/mol. The maximum Gasteiger partial charge on any atom is 0.339 e. The number of fused-ring (bicyclic) bond motifs is 1. The van der Waals surface area contributed by atoms with Crippen molar-refractivity contribution in [3.8, 4) is 17.2 Å². The van der Waals surface area contributed by atoms with Crippen LogP contribution in [0.3, 0.4) is 0 Å². The predicted octanol–water partition coefficient (Wildman–Crippen LogP) is 1.80. The van der Waals surface area contributed by atoms with Crippen LogP contribution in [0.15, 0.2) is 28.9 Å². The minimum absolute atomic E-state index is 0.0524. The molecule has 1 unspecified atom stereocenters. The Bertz CT molecular complexity index is 689. The Morgan fingerprint density at radius 3 is 2.90 bits per heavy atom. The molecule has 1 aliphatic heterocycles. The van der Waals surface area contributed by atoms with Crippen molar-refractivity contribution in [2.75, 3.05) is 13.9 Å². The Labute approximate surface area is 119 Å². The lowest BCUT2D eigenvalue weighted by molar-refractivity contribution is 0.0687. The highest BCUT2D eigenvalue weighted by molar-refractivity contribution is 5.89. The standard InChI is InChI=1S/C14H12O7/c1-18-9-4-7(5-10-13(9)21-6-20-10)11(15)12-8(14(16)17)2-3-19-12/h2-5,11,15H,6H2,1H3,(H,16,17). The zero-order chi connectivity index (χ0) is 15.0. The number of aliphatic hydroxyl groups excluding tert-OH is 1. The summed E-state index contributed by atoms with van der Waals surface area (Å²) in [4.78, 5) is 11.1. The van der Waals surface area contributed by atoms with Crippen LogP contribution in [0.1, 0.15) is 27.8 Å². The van der Waals surface area contributed by atoms with Crippen LogP contribution >= 0.6 is 0 Å². The normalized spacial score (nSPS) is 14.0. The highest BCUT2D eigenvalue weighted by Crippen LogP contribution is 2.44. The van der Waals surface area contributed by atoms with E-state index >= 15 is 0 Å². The molecule has 7 nitrogen and oxygen atoms in total. The van der Waals surface area contributed by atoms with E-state index in [1.165, 1.54) is 19.4 Å². The zero-order valence-electron chi connectivity index (χ0n) is 11.0. The second-order valence-corrected chi connectivity index (χ2v) is 4.36. The monoisotopic (exact) mass is 292 g/mol. The molecule has 0 amide bonds. The number of hydrogen-bond donors (Lipinski definition) is 2. The van der Waals surface area contributed by atoms with Gasteiger partial charge in [-0.05, 0) is 23.8 Å². The summed E-state index contributed by atoms with van der Waals surface area (Å²) in [5.74, 6) is 0.0367. The van der Waals surface area contributed by atoms with Crippen LogP contribution in [-0.2, 0) is 0 Å². The lowest BCUT2D eigenvalue weighted by atomic mass is 10.0. The highest BCUT2D eigenvalue weighted by Gasteiger charge is 2.27. The molecular formula is C14H12O7. The maximum atomic E-state index is 11.1.